The first-order valence-electron chi connectivity index (χ1n) is 6.28. The number of rotatable bonds is 5. The van der Waals surface area contributed by atoms with E-state index in [1.807, 2.05) is 31.0 Å². The Hall–Kier alpha value is -1.72. The van der Waals surface area contributed by atoms with E-state index in [1.165, 1.54) is 6.07 Å². The average molecular weight is 292 g/mol. The Balaban J connectivity index is 2.04. The van der Waals surface area contributed by atoms with E-state index in [9.17, 15) is 4.39 Å². The van der Waals surface area contributed by atoms with Gasteiger partial charge in [-0.1, -0.05) is 24.4 Å². The number of thiocarbonyl (C=S) groups is 1. The summed E-state index contributed by atoms with van der Waals surface area (Å²) in [5, 5.41) is 0. The molecule has 0 aliphatic heterocycles. The molecule has 1 aromatic carbocycles. The van der Waals surface area contributed by atoms with Crippen molar-refractivity contribution < 1.29 is 8.81 Å². The summed E-state index contributed by atoms with van der Waals surface area (Å²) in [5.41, 5.74) is 6.63. The van der Waals surface area contributed by atoms with E-state index in [-0.39, 0.29) is 10.8 Å². The highest BCUT2D eigenvalue weighted by molar-refractivity contribution is 7.80. The lowest BCUT2D eigenvalue weighted by molar-refractivity contribution is 0.281. The average Bonchev–Trinajstić information content (AvgIpc) is 2.77. The Morgan fingerprint density at radius 2 is 2.05 bits per heavy atom. The van der Waals surface area contributed by atoms with Gasteiger partial charge in [-0.25, -0.2) is 4.39 Å². The monoisotopic (exact) mass is 292 g/mol. The van der Waals surface area contributed by atoms with Gasteiger partial charge in [-0.2, -0.15) is 0 Å². The van der Waals surface area contributed by atoms with Gasteiger partial charge >= 0.3 is 0 Å². The molecule has 2 N–H and O–H groups in total. The van der Waals surface area contributed by atoms with Gasteiger partial charge in [0, 0.05) is 17.7 Å². The zero-order chi connectivity index (χ0) is 14.7. The van der Waals surface area contributed by atoms with Gasteiger partial charge in [0.05, 0.1) is 6.54 Å². The van der Waals surface area contributed by atoms with E-state index in [4.69, 9.17) is 22.4 Å². The molecule has 2 rings (SSSR count). The summed E-state index contributed by atoms with van der Waals surface area (Å²) in [6, 6.07) is 8.68. The minimum absolute atomic E-state index is 0.204. The van der Waals surface area contributed by atoms with E-state index in [2.05, 4.69) is 0 Å². The molecule has 0 bridgehead atoms. The highest BCUT2D eigenvalue weighted by Crippen LogP contribution is 2.15. The lowest BCUT2D eigenvalue weighted by Gasteiger charge is -2.16. The number of nitrogens with zero attached hydrogens (tertiary/aromatic N) is 1. The largest absolute Gasteiger partial charge is 0.465 e. The van der Waals surface area contributed by atoms with Crippen LogP contribution in [0.4, 0.5) is 4.39 Å². The molecule has 20 heavy (non-hydrogen) atoms. The molecule has 1 heterocycles. The lowest BCUT2D eigenvalue weighted by atomic mass is 10.1. The third-order valence-corrected chi connectivity index (χ3v) is 3.24. The predicted molar refractivity (Wildman–Crippen MR) is 80.9 cm³/mol. The maximum absolute atomic E-state index is 13.9. The molecule has 0 atom stereocenters. The van der Waals surface area contributed by atoms with Gasteiger partial charge in [-0.15, -0.1) is 0 Å². The molecule has 3 nitrogen and oxygen atoms in total. The SMILES string of the molecule is Cc1ccc(CN(C)Cc2ccc(C(N)=S)cc2F)o1. The van der Waals surface area contributed by atoms with Crippen molar-refractivity contribution in [2.24, 2.45) is 5.73 Å². The van der Waals surface area contributed by atoms with Crippen LogP contribution in [0.5, 0.6) is 0 Å². The van der Waals surface area contributed by atoms with Crippen LogP contribution in [0.2, 0.25) is 0 Å². The molecule has 2 aromatic rings. The van der Waals surface area contributed by atoms with Crippen LogP contribution in [-0.4, -0.2) is 16.9 Å². The fourth-order valence-electron chi connectivity index (χ4n) is 2.01. The van der Waals surface area contributed by atoms with Crippen LogP contribution < -0.4 is 5.73 Å². The molecular formula is C15H17FN2OS. The number of nitrogens with two attached hydrogens (primary N) is 1. The second-order valence-electron chi connectivity index (χ2n) is 4.86. The second kappa shape index (κ2) is 6.15. The van der Waals surface area contributed by atoms with Gasteiger partial charge in [-0.3, -0.25) is 4.90 Å². The van der Waals surface area contributed by atoms with E-state index in [0.717, 1.165) is 11.5 Å². The van der Waals surface area contributed by atoms with Crippen molar-refractivity contribution in [3.05, 3.63) is 58.8 Å². The molecule has 0 aliphatic rings. The van der Waals surface area contributed by atoms with Crippen LogP contribution in [0, 0.1) is 12.7 Å². The normalized spacial score (nSPS) is 11.0. The molecule has 0 spiro atoms. The van der Waals surface area contributed by atoms with E-state index < -0.39 is 0 Å². The first kappa shape index (κ1) is 14.7. The maximum Gasteiger partial charge on any atom is 0.128 e. The molecule has 0 amide bonds. The van der Waals surface area contributed by atoms with Crippen LogP contribution >= 0.6 is 12.2 Å². The molecule has 0 aliphatic carbocycles. The Morgan fingerprint density at radius 3 is 2.60 bits per heavy atom. The summed E-state index contributed by atoms with van der Waals surface area (Å²) in [6.07, 6.45) is 0. The van der Waals surface area contributed by atoms with Crippen LogP contribution in [0.1, 0.15) is 22.6 Å². The summed E-state index contributed by atoms with van der Waals surface area (Å²) < 4.78 is 19.5. The standard InChI is InChI=1S/C15H17FN2OS/c1-10-3-6-13(19-10)9-18(2)8-12-5-4-11(15(17)20)7-14(12)16/h3-7H,8-9H2,1-2H3,(H2,17,20). The summed E-state index contributed by atoms with van der Waals surface area (Å²) >= 11 is 4.83. The zero-order valence-electron chi connectivity index (χ0n) is 11.5. The van der Waals surface area contributed by atoms with Crippen molar-refractivity contribution in [1.29, 1.82) is 0 Å². The number of aryl methyl sites for hydroxylation is 1. The van der Waals surface area contributed by atoms with Crippen molar-refractivity contribution >= 4 is 17.2 Å². The molecule has 0 unspecified atom stereocenters. The first-order chi connectivity index (χ1) is 9.45. The molecule has 0 radical (unpaired) electrons. The van der Waals surface area contributed by atoms with Gasteiger partial charge in [0.15, 0.2) is 0 Å². The lowest BCUT2D eigenvalue weighted by Crippen LogP contribution is -2.18. The van der Waals surface area contributed by atoms with Gasteiger partial charge in [0.2, 0.25) is 0 Å². The molecular weight excluding hydrogens is 275 g/mol. The van der Waals surface area contributed by atoms with E-state index in [0.29, 0.717) is 24.2 Å². The van der Waals surface area contributed by atoms with Gasteiger partial charge in [0.1, 0.15) is 22.3 Å². The maximum atomic E-state index is 13.9. The summed E-state index contributed by atoms with van der Waals surface area (Å²) in [4.78, 5) is 2.19. The van der Waals surface area contributed by atoms with Crippen molar-refractivity contribution in [3.8, 4) is 0 Å². The zero-order valence-corrected chi connectivity index (χ0v) is 12.3. The minimum Gasteiger partial charge on any atom is -0.465 e. The number of hydrogen-bond donors (Lipinski definition) is 1. The molecule has 5 heteroatoms. The van der Waals surface area contributed by atoms with Crippen molar-refractivity contribution in [2.45, 2.75) is 20.0 Å². The van der Waals surface area contributed by atoms with Crippen molar-refractivity contribution in [1.82, 2.24) is 4.90 Å². The van der Waals surface area contributed by atoms with E-state index >= 15 is 0 Å². The highest BCUT2D eigenvalue weighted by Gasteiger charge is 2.09. The Kier molecular flexibility index (Phi) is 4.52. The van der Waals surface area contributed by atoms with Crippen LogP contribution in [-0.2, 0) is 13.1 Å². The molecule has 0 saturated carbocycles. The number of halogens is 1. The van der Waals surface area contributed by atoms with Gasteiger partial charge < -0.3 is 10.2 Å². The molecule has 0 fully saturated rings. The third kappa shape index (κ3) is 3.65. The van der Waals surface area contributed by atoms with Crippen molar-refractivity contribution in [2.75, 3.05) is 7.05 Å². The fraction of sp³-hybridized carbons (Fsp3) is 0.267. The topological polar surface area (TPSA) is 42.4 Å². The first-order valence-corrected chi connectivity index (χ1v) is 6.68. The third-order valence-electron chi connectivity index (χ3n) is 3.00. The van der Waals surface area contributed by atoms with Crippen LogP contribution in [0.25, 0.3) is 0 Å². The summed E-state index contributed by atoms with van der Waals surface area (Å²) in [7, 11) is 1.92. The van der Waals surface area contributed by atoms with Gasteiger partial charge in [-0.05, 0) is 32.2 Å². The number of benzene rings is 1. The van der Waals surface area contributed by atoms with Crippen molar-refractivity contribution in [3.63, 3.8) is 0 Å². The number of furan rings is 1. The Labute approximate surface area is 123 Å². The fourth-order valence-corrected chi connectivity index (χ4v) is 2.14. The number of hydrogen-bond acceptors (Lipinski definition) is 3. The second-order valence-corrected chi connectivity index (χ2v) is 5.29. The van der Waals surface area contributed by atoms with E-state index in [1.54, 1.807) is 12.1 Å². The van der Waals surface area contributed by atoms with Crippen LogP contribution in [0.15, 0.2) is 34.7 Å². The summed E-state index contributed by atoms with van der Waals surface area (Å²) in [5.74, 6) is 1.45. The Morgan fingerprint density at radius 1 is 1.30 bits per heavy atom. The quantitative estimate of drug-likeness (QED) is 0.860. The molecule has 106 valence electrons. The molecule has 1 aromatic heterocycles. The Bertz CT molecular complexity index is 624. The molecule has 0 saturated heterocycles. The van der Waals surface area contributed by atoms with Gasteiger partial charge in [0.25, 0.3) is 0 Å². The van der Waals surface area contributed by atoms with Crippen LogP contribution in [0.3, 0.4) is 0 Å². The predicted octanol–water partition coefficient (Wildman–Crippen LogP) is 2.99. The summed E-state index contributed by atoms with van der Waals surface area (Å²) in [6.45, 7) is 3.02. The minimum atomic E-state index is -0.294. The highest BCUT2D eigenvalue weighted by atomic mass is 32.1. The smallest absolute Gasteiger partial charge is 0.128 e.